The molecule has 4 rings (SSSR count). The summed E-state index contributed by atoms with van der Waals surface area (Å²) in [4.78, 5) is 24.6. The number of amides is 1. The van der Waals surface area contributed by atoms with Crippen LogP contribution in [0.25, 0.3) is 11.0 Å². The van der Waals surface area contributed by atoms with Gasteiger partial charge in [0.15, 0.2) is 11.5 Å². The fourth-order valence-corrected chi connectivity index (χ4v) is 3.34. The molecule has 1 aliphatic rings. The molecule has 0 radical (unpaired) electrons. The molecule has 5 nitrogen and oxygen atoms in total. The summed E-state index contributed by atoms with van der Waals surface area (Å²) in [6.07, 6.45) is 2.24. The van der Waals surface area contributed by atoms with Crippen LogP contribution in [0.15, 0.2) is 42.5 Å². The highest BCUT2D eigenvalue weighted by molar-refractivity contribution is 6.07. The highest BCUT2D eigenvalue weighted by Crippen LogP contribution is 2.26. The number of carbonyl (C=O) groups excluding carboxylic acids is 1. The van der Waals surface area contributed by atoms with E-state index in [4.69, 9.17) is 4.98 Å². The number of hydrogen-bond acceptors (Lipinski definition) is 4. The first-order chi connectivity index (χ1) is 12.6. The molecule has 1 saturated heterocycles. The van der Waals surface area contributed by atoms with E-state index in [0.29, 0.717) is 11.5 Å². The fourth-order valence-electron chi connectivity index (χ4n) is 3.34. The van der Waals surface area contributed by atoms with Crippen molar-refractivity contribution in [3.8, 4) is 0 Å². The third-order valence-corrected chi connectivity index (χ3v) is 4.81. The summed E-state index contributed by atoms with van der Waals surface area (Å²) >= 11 is 0. The summed E-state index contributed by atoms with van der Waals surface area (Å²) in [6.45, 7) is 5.83. The molecule has 0 aliphatic carbocycles. The number of fused-ring (bicyclic) bond motifs is 1. The molecule has 2 aromatic carbocycles. The van der Waals surface area contributed by atoms with Gasteiger partial charge in [-0.1, -0.05) is 24.3 Å². The van der Waals surface area contributed by atoms with Gasteiger partial charge in [-0.15, -0.1) is 0 Å². The Morgan fingerprint density at radius 2 is 1.69 bits per heavy atom. The number of anilines is 2. The van der Waals surface area contributed by atoms with Crippen LogP contribution in [0.2, 0.25) is 0 Å². The minimum atomic E-state index is -0.209. The molecule has 1 amide bonds. The zero-order chi connectivity index (χ0) is 18.1. The maximum Gasteiger partial charge on any atom is 0.278 e. The van der Waals surface area contributed by atoms with Crippen molar-refractivity contribution in [3.63, 3.8) is 0 Å². The van der Waals surface area contributed by atoms with Crippen LogP contribution in [-0.4, -0.2) is 29.0 Å². The standard InChI is InChI=1S/C21H22N4O/c1-14-9-10-15(2)18(13-14)24-21(26)19-20(25-11-5-6-12-25)23-17-8-4-3-7-16(17)22-19/h3-4,7-10,13H,5-6,11-12H2,1-2H3,(H,24,26). The van der Waals surface area contributed by atoms with Crippen molar-refractivity contribution >= 4 is 28.4 Å². The molecule has 0 unspecified atom stereocenters. The van der Waals surface area contributed by atoms with Crippen molar-refractivity contribution in [1.29, 1.82) is 0 Å². The van der Waals surface area contributed by atoms with Crippen LogP contribution in [0.5, 0.6) is 0 Å². The zero-order valence-electron chi connectivity index (χ0n) is 15.1. The lowest BCUT2D eigenvalue weighted by molar-refractivity contribution is 0.102. The number of aryl methyl sites for hydroxylation is 2. The van der Waals surface area contributed by atoms with Gasteiger partial charge in [-0.25, -0.2) is 9.97 Å². The predicted molar refractivity (Wildman–Crippen MR) is 105 cm³/mol. The Bertz CT molecular complexity index is 977. The summed E-state index contributed by atoms with van der Waals surface area (Å²) in [5, 5.41) is 3.03. The topological polar surface area (TPSA) is 58.1 Å². The third kappa shape index (κ3) is 3.12. The maximum atomic E-state index is 13.1. The molecule has 0 spiro atoms. The fraction of sp³-hybridized carbons (Fsp3) is 0.286. The van der Waals surface area contributed by atoms with E-state index in [-0.39, 0.29) is 5.91 Å². The smallest absolute Gasteiger partial charge is 0.278 e. The zero-order valence-corrected chi connectivity index (χ0v) is 15.1. The van der Waals surface area contributed by atoms with E-state index in [1.807, 2.05) is 56.3 Å². The second kappa shape index (κ2) is 6.75. The van der Waals surface area contributed by atoms with Crippen molar-refractivity contribution in [2.45, 2.75) is 26.7 Å². The summed E-state index contributed by atoms with van der Waals surface area (Å²) in [5.41, 5.74) is 4.90. The van der Waals surface area contributed by atoms with Crippen LogP contribution in [0.4, 0.5) is 11.5 Å². The highest BCUT2D eigenvalue weighted by Gasteiger charge is 2.23. The van der Waals surface area contributed by atoms with E-state index in [1.165, 1.54) is 0 Å². The van der Waals surface area contributed by atoms with Gasteiger partial charge >= 0.3 is 0 Å². The van der Waals surface area contributed by atoms with Crippen molar-refractivity contribution in [2.24, 2.45) is 0 Å². The Hall–Kier alpha value is -2.95. The third-order valence-electron chi connectivity index (χ3n) is 4.81. The highest BCUT2D eigenvalue weighted by atomic mass is 16.1. The van der Waals surface area contributed by atoms with Gasteiger partial charge in [0.25, 0.3) is 5.91 Å². The number of rotatable bonds is 3. The number of nitrogens with one attached hydrogen (secondary N) is 1. The van der Waals surface area contributed by atoms with Crippen molar-refractivity contribution in [1.82, 2.24) is 9.97 Å². The van der Waals surface area contributed by atoms with E-state index < -0.39 is 0 Å². The Labute approximate surface area is 153 Å². The second-order valence-electron chi connectivity index (χ2n) is 6.85. The van der Waals surface area contributed by atoms with Gasteiger partial charge in [0.1, 0.15) is 0 Å². The number of para-hydroxylation sites is 2. The number of aromatic nitrogens is 2. The lowest BCUT2D eigenvalue weighted by Crippen LogP contribution is -2.25. The van der Waals surface area contributed by atoms with Crippen LogP contribution < -0.4 is 10.2 Å². The number of carbonyl (C=O) groups is 1. The van der Waals surface area contributed by atoms with Crippen LogP contribution >= 0.6 is 0 Å². The van der Waals surface area contributed by atoms with Crippen molar-refractivity contribution < 1.29 is 4.79 Å². The molecule has 132 valence electrons. The molecule has 0 bridgehead atoms. The van der Waals surface area contributed by atoms with Crippen LogP contribution in [0.3, 0.4) is 0 Å². The lowest BCUT2D eigenvalue weighted by Gasteiger charge is -2.20. The summed E-state index contributed by atoms with van der Waals surface area (Å²) in [6, 6.07) is 13.7. The minimum Gasteiger partial charge on any atom is -0.355 e. The Balaban J connectivity index is 1.77. The van der Waals surface area contributed by atoms with Gasteiger partial charge in [0, 0.05) is 18.8 Å². The van der Waals surface area contributed by atoms with E-state index in [0.717, 1.165) is 53.8 Å². The number of hydrogen-bond donors (Lipinski definition) is 1. The summed E-state index contributed by atoms with van der Waals surface area (Å²) < 4.78 is 0. The molecule has 1 aliphatic heterocycles. The molecule has 26 heavy (non-hydrogen) atoms. The molecule has 1 aromatic heterocycles. The van der Waals surface area contributed by atoms with Crippen LogP contribution in [0.1, 0.15) is 34.5 Å². The average Bonchev–Trinajstić information content (AvgIpc) is 3.18. The van der Waals surface area contributed by atoms with Gasteiger partial charge < -0.3 is 10.2 Å². The number of nitrogens with zero attached hydrogens (tertiary/aromatic N) is 3. The quantitative estimate of drug-likeness (QED) is 0.776. The van der Waals surface area contributed by atoms with Gasteiger partial charge in [0.05, 0.1) is 11.0 Å². The molecule has 1 fully saturated rings. The van der Waals surface area contributed by atoms with E-state index in [9.17, 15) is 4.79 Å². The molecule has 1 N–H and O–H groups in total. The van der Waals surface area contributed by atoms with Gasteiger partial charge in [-0.2, -0.15) is 0 Å². The molecule has 0 atom stereocenters. The van der Waals surface area contributed by atoms with E-state index in [2.05, 4.69) is 15.2 Å². The SMILES string of the molecule is Cc1ccc(C)c(NC(=O)c2nc3ccccc3nc2N2CCCC2)c1. The van der Waals surface area contributed by atoms with E-state index in [1.54, 1.807) is 0 Å². The molecular weight excluding hydrogens is 324 g/mol. The largest absolute Gasteiger partial charge is 0.355 e. The van der Waals surface area contributed by atoms with Crippen LogP contribution in [0, 0.1) is 13.8 Å². The van der Waals surface area contributed by atoms with Crippen molar-refractivity contribution in [3.05, 3.63) is 59.3 Å². The first-order valence-electron chi connectivity index (χ1n) is 9.02. The molecule has 5 heteroatoms. The van der Waals surface area contributed by atoms with Gasteiger partial charge in [0.2, 0.25) is 0 Å². The molecule has 0 saturated carbocycles. The van der Waals surface area contributed by atoms with Crippen LogP contribution in [-0.2, 0) is 0 Å². The molecule has 2 heterocycles. The average molecular weight is 346 g/mol. The van der Waals surface area contributed by atoms with Gasteiger partial charge in [-0.05, 0) is 56.0 Å². The first kappa shape index (κ1) is 16.5. The van der Waals surface area contributed by atoms with Crippen molar-refractivity contribution in [2.75, 3.05) is 23.3 Å². The monoisotopic (exact) mass is 346 g/mol. The second-order valence-corrected chi connectivity index (χ2v) is 6.85. The normalized spacial score (nSPS) is 14.0. The minimum absolute atomic E-state index is 0.209. The molecular formula is C21H22N4O. The predicted octanol–water partition coefficient (Wildman–Crippen LogP) is 4.10. The first-order valence-corrected chi connectivity index (χ1v) is 9.02. The Kier molecular flexibility index (Phi) is 4.29. The molecule has 3 aromatic rings. The lowest BCUT2D eigenvalue weighted by atomic mass is 10.1. The van der Waals surface area contributed by atoms with E-state index >= 15 is 0 Å². The number of benzene rings is 2. The van der Waals surface area contributed by atoms with Gasteiger partial charge in [-0.3, -0.25) is 4.79 Å². The summed E-state index contributed by atoms with van der Waals surface area (Å²) in [5.74, 6) is 0.475. The Morgan fingerprint density at radius 1 is 1.00 bits per heavy atom. The maximum absolute atomic E-state index is 13.1. The Morgan fingerprint density at radius 3 is 2.42 bits per heavy atom. The summed E-state index contributed by atoms with van der Waals surface area (Å²) in [7, 11) is 0.